The van der Waals surface area contributed by atoms with Gasteiger partial charge in [0.1, 0.15) is 11.8 Å². The lowest BCUT2D eigenvalue weighted by atomic mass is 10.1. The van der Waals surface area contributed by atoms with Gasteiger partial charge in [-0.25, -0.2) is 0 Å². The number of carbonyl (C=O) groups excluding carboxylic acids is 1. The van der Waals surface area contributed by atoms with Gasteiger partial charge < -0.3 is 9.26 Å². The molecular weight excluding hydrogens is 232 g/mol. The quantitative estimate of drug-likeness (QED) is 0.765. The Labute approximate surface area is 107 Å². The molecule has 0 amide bonds. The zero-order valence-electron chi connectivity index (χ0n) is 11.2. The fourth-order valence-corrected chi connectivity index (χ4v) is 2.45. The third-order valence-corrected chi connectivity index (χ3v) is 3.46. The zero-order valence-corrected chi connectivity index (χ0v) is 11.2. The molecule has 0 bridgehead atoms. The van der Waals surface area contributed by atoms with Crippen LogP contribution in [0.5, 0.6) is 0 Å². The van der Waals surface area contributed by atoms with Crippen LogP contribution in [0.15, 0.2) is 4.52 Å². The molecule has 0 aliphatic carbocycles. The molecule has 1 aromatic heterocycles. The summed E-state index contributed by atoms with van der Waals surface area (Å²) >= 11 is 0. The van der Waals surface area contributed by atoms with Crippen LogP contribution in [0.1, 0.15) is 36.8 Å². The van der Waals surface area contributed by atoms with E-state index in [2.05, 4.69) is 10.1 Å². The summed E-state index contributed by atoms with van der Waals surface area (Å²) in [5, 5.41) is 3.95. The van der Waals surface area contributed by atoms with Gasteiger partial charge in [0.2, 0.25) is 0 Å². The molecule has 0 saturated carbocycles. The maximum Gasteiger partial charge on any atom is 0.323 e. The number of esters is 1. The molecule has 100 valence electrons. The first-order valence-corrected chi connectivity index (χ1v) is 6.46. The Bertz CT molecular complexity index is 408. The molecular formula is C13H20N2O3. The molecule has 1 fully saturated rings. The molecule has 1 aromatic rings. The van der Waals surface area contributed by atoms with E-state index >= 15 is 0 Å². The first-order valence-electron chi connectivity index (χ1n) is 6.46. The lowest BCUT2D eigenvalue weighted by Crippen LogP contribution is -2.37. The highest BCUT2D eigenvalue weighted by Crippen LogP contribution is 2.23. The maximum absolute atomic E-state index is 11.9. The van der Waals surface area contributed by atoms with E-state index in [1.54, 1.807) is 0 Å². The van der Waals surface area contributed by atoms with E-state index in [1.807, 2.05) is 20.8 Å². The highest BCUT2D eigenvalue weighted by atomic mass is 16.5. The Morgan fingerprint density at radius 1 is 1.56 bits per heavy atom. The number of ether oxygens (including phenoxy) is 1. The predicted octanol–water partition coefficient (Wildman–Crippen LogP) is 1.82. The smallest absolute Gasteiger partial charge is 0.323 e. The first-order chi connectivity index (χ1) is 8.63. The van der Waals surface area contributed by atoms with E-state index in [4.69, 9.17) is 9.26 Å². The molecule has 1 unspecified atom stereocenters. The van der Waals surface area contributed by atoms with E-state index in [9.17, 15) is 4.79 Å². The summed E-state index contributed by atoms with van der Waals surface area (Å²) in [4.78, 5) is 14.0. The average molecular weight is 252 g/mol. The fourth-order valence-electron chi connectivity index (χ4n) is 2.45. The van der Waals surface area contributed by atoms with Gasteiger partial charge >= 0.3 is 5.97 Å². The first kappa shape index (κ1) is 13.1. The summed E-state index contributed by atoms with van der Waals surface area (Å²) in [6, 6.07) is -0.112. The molecule has 2 heterocycles. The molecule has 1 saturated heterocycles. The molecule has 5 heteroatoms. The van der Waals surface area contributed by atoms with Crippen LogP contribution in [0, 0.1) is 13.8 Å². The molecule has 18 heavy (non-hydrogen) atoms. The van der Waals surface area contributed by atoms with Gasteiger partial charge in [0, 0.05) is 12.1 Å². The van der Waals surface area contributed by atoms with Crippen molar-refractivity contribution in [1.82, 2.24) is 10.1 Å². The van der Waals surface area contributed by atoms with Crippen molar-refractivity contribution in [2.24, 2.45) is 0 Å². The van der Waals surface area contributed by atoms with Crippen molar-refractivity contribution < 1.29 is 14.1 Å². The van der Waals surface area contributed by atoms with Crippen LogP contribution >= 0.6 is 0 Å². The van der Waals surface area contributed by atoms with Crippen LogP contribution in [0.25, 0.3) is 0 Å². The van der Waals surface area contributed by atoms with E-state index in [0.717, 1.165) is 36.4 Å². The highest BCUT2D eigenvalue weighted by Gasteiger charge is 2.32. The SMILES string of the molecule is CCOC(=O)C1CCCN1Cc1c(C)noc1C. The number of hydrogen-bond acceptors (Lipinski definition) is 5. The summed E-state index contributed by atoms with van der Waals surface area (Å²) in [6.07, 6.45) is 1.91. The van der Waals surface area contributed by atoms with Crippen LogP contribution in [-0.4, -0.2) is 35.2 Å². The molecule has 0 spiro atoms. The number of aromatic nitrogens is 1. The minimum atomic E-state index is -0.112. The maximum atomic E-state index is 11.9. The monoisotopic (exact) mass is 252 g/mol. The van der Waals surface area contributed by atoms with E-state index in [0.29, 0.717) is 13.2 Å². The van der Waals surface area contributed by atoms with Crippen LogP contribution in [-0.2, 0) is 16.1 Å². The molecule has 0 aromatic carbocycles. The van der Waals surface area contributed by atoms with E-state index in [-0.39, 0.29) is 12.0 Å². The minimum Gasteiger partial charge on any atom is -0.465 e. The van der Waals surface area contributed by atoms with Crippen molar-refractivity contribution in [2.75, 3.05) is 13.2 Å². The summed E-state index contributed by atoms with van der Waals surface area (Å²) in [6.45, 7) is 7.75. The Morgan fingerprint density at radius 3 is 2.94 bits per heavy atom. The predicted molar refractivity (Wildman–Crippen MR) is 66.0 cm³/mol. The largest absolute Gasteiger partial charge is 0.465 e. The van der Waals surface area contributed by atoms with Gasteiger partial charge in [-0.05, 0) is 40.2 Å². The number of likely N-dealkylation sites (tertiary alicyclic amines) is 1. The number of hydrogen-bond donors (Lipinski definition) is 0. The van der Waals surface area contributed by atoms with Crippen LogP contribution in [0.3, 0.4) is 0 Å². The fraction of sp³-hybridized carbons (Fsp3) is 0.692. The normalized spacial score (nSPS) is 20.3. The summed E-state index contributed by atoms with van der Waals surface area (Å²) in [7, 11) is 0. The summed E-state index contributed by atoms with van der Waals surface area (Å²) in [5.74, 6) is 0.726. The van der Waals surface area contributed by atoms with Gasteiger partial charge in [-0.15, -0.1) is 0 Å². The number of rotatable bonds is 4. The summed E-state index contributed by atoms with van der Waals surface area (Å²) < 4.78 is 10.3. The Balaban J connectivity index is 2.06. The van der Waals surface area contributed by atoms with E-state index in [1.165, 1.54) is 0 Å². The van der Waals surface area contributed by atoms with Crippen molar-refractivity contribution in [3.8, 4) is 0 Å². The average Bonchev–Trinajstić information content (AvgIpc) is 2.91. The van der Waals surface area contributed by atoms with Gasteiger partial charge in [-0.3, -0.25) is 9.69 Å². The third kappa shape index (κ3) is 2.56. The van der Waals surface area contributed by atoms with Crippen molar-refractivity contribution in [1.29, 1.82) is 0 Å². The second-order valence-corrected chi connectivity index (χ2v) is 4.68. The molecule has 5 nitrogen and oxygen atoms in total. The van der Waals surface area contributed by atoms with Crippen molar-refractivity contribution in [3.05, 3.63) is 17.0 Å². The van der Waals surface area contributed by atoms with Gasteiger partial charge in [-0.2, -0.15) is 0 Å². The van der Waals surface area contributed by atoms with Gasteiger partial charge in [0.25, 0.3) is 0 Å². The lowest BCUT2D eigenvalue weighted by Gasteiger charge is -2.22. The van der Waals surface area contributed by atoms with Crippen molar-refractivity contribution >= 4 is 5.97 Å². The molecule has 1 aliphatic rings. The van der Waals surface area contributed by atoms with Crippen LogP contribution in [0.2, 0.25) is 0 Å². The number of nitrogens with zero attached hydrogens (tertiary/aromatic N) is 2. The van der Waals surface area contributed by atoms with Gasteiger partial charge in [-0.1, -0.05) is 5.16 Å². The standard InChI is InChI=1S/C13H20N2O3/c1-4-17-13(16)12-6-5-7-15(12)8-11-9(2)14-18-10(11)3/h12H,4-8H2,1-3H3. The zero-order chi connectivity index (χ0) is 13.1. The Morgan fingerprint density at radius 2 is 2.33 bits per heavy atom. The van der Waals surface area contributed by atoms with Crippen LogP contribution < -0.4 is 0 Å². The van der Waals surface area contributed by atoms with E-state index < -0.39 is 0 Å². The molecule has 0 N–H and O–H groups in total. The Kier molecular flexibility index (Phi) is 4.01. The Hall–Kier alpha value is -1.36. The lowest BCUT2D eigenvalue weighted by molar-refractivity contribution is -0.148. The molecule has 0 radical (unpaired) electrons. The second kappa shape index (κ2) is 5.52. The molecule has 2 rings (SSSR count). The van der Waals surface area contributed by atoms with Crippen LogP contribution in [0.4, 0.5) is 0 Å². The molecule has 1 atom stereocenters. The van der Waals surface area contributed by atoms with Crippen molar-refractivity contribution in [2.45, 2.75) is 46.2 Å². The molecule has 1 aliphatic heterocycles. The van der Waals surface area contributed by atoms with Gasteiger partial charge in [0.05, 0.1) is 12.3 Å². The number of carbonyl (C=O) groups is 1. The number of aryl methyl sites for hydroxylation is 2. The highest BCUT2D eigenvalue weighted by molar-refractivity contribution is 5.76. The topological polar surface area (TPSA) is 55.6 Å². The second-order valence-electron chi connectivity index (χ2n) is 4.68. The summed E-state index contributed by atoms with van der Waals surface area (Å²) in [5.41, 5.74) is 1.99. The minimum absolute atomic E-state index is 0.109. The third-order valence-electron chi connectivity index (χ3n) is 3.46. The van der Waals surface area contributed by atoms with Crippen molar-refractivity contribution in [3.63, 3.8) is 0 Å². The van der Waals surface area contributed by atoms with Gasteiger partial charge in [0.15, 0.2) is 0 Å².